The van der Waals surface area contributed by atoms with Gasteiger partial charge >= 0.3 is 11.9 Å². The Hall–Kier alpha value is -3.18. The third-order valence-corrected chi connectivity index (χ3v) is 7.41. The lowest BCUT2D eigenvalue weighted by Crippen LogP contribution is -2.39. The van der Waals surface area contributed by atoms with Crippen molar-refractivity contribution in [1.82, 2.24) is 4.90 Å². The molecule has 36 heavy (non-hydrogen) atoms. The van der Waals surface area contributed by atoms with Crippen LogP contribution in [0.4, 0.5) is 0 Å². The summed E-state index contributed by atoms with van der Waals surface area (Å²) in [6, 6.07) is 19.1. The molecule has 0 aliphatic heterocycles. The van der Waals surface area contributed by atoms with Crippen LogP contribution < -0.4 is 0 Å². The summed E-state index contributed by atoms with van der Waals surface area (Å²) in [5.74, 6) is -0.575. The van der Waals surface area contributed by atoms with Gasteiger partial charge in [-0.05, 0) is 85.6 Å². The zero-order valence-corrected chi connectivity index (χ0v) is 22.3. The number of esters is 2. The second-order valence-corrected chi connectivity index (χ2v) is 11.1. The topological polar surface area (TPSA) is 55.8 Å². The molecule has 5 nitrogen and oxygen atoms in total. The Kier molecular flexibility index (Phi) is 7.24. The smallest absolute Gasteiger partial charge is 0.312 e. The lowest BCUT2D eigenvalue weighted by atomic mass is 9.72. The number of nitrogens with zero attached hydrogens (tertiary/aromatic N) is 1. The molecule has 1 unspecified atom stereocenters. The monoisotopic (exact) mass is 487 g/mol. The quantitative estimate of drug-likeness (QED) is 0.187. The van der Waals surface area contributed by atoms with Gasteiger partial charge in [-0.3, -0.25) is 9.59 Å². The van der Waals surface area contributed by atoms with Crippen LogP contribution in [0, 0.1) is 10.8 Å². The summed E-state index contributed by atoms with van der Waals surface area (Å²) in [4.78, 5) is 28.1. The van der Waals surface area contributed by atoms with Crippen LogP contribution in [0.15, 0.2) is 54.6 Å². The largest absolute Gasteiger partial charge is 0.464 e. The number of hydrogen-bond donors (Lipinski definition) is 0. The Morgan fingerprint density at radius 1 is 0.806 bits per heavy atom. The fraction of sp³-hybridized carbons (Fsp3) is 0.419. The molecule has 0 heterocycles. The number of rotatable bonds is 10. The SMILES string of the molecule is CCC(C)(CC(C)(C)C(=O)OCCN(C)C)C(=O)OCc1ccc2ccc3cccc4ccc1c2c34. The number of carbonyl (C=O) groups is 2. The van der Waals surface area contributed by atoms with Gasteiger partial charge in [0.15, 0.2) is 0 Å². The van der Waals surface area contributed by atoms with Gasteiger partial charge in [-0.25, -0.2) is 0 Å². The molecule has 4 aromatic rings. The van der Waals surface area contributed by atoms with Crippen molar-refractivity contribution >= 4 is 44.3 Å². The summed E-state index contributed by atoms with van der Waals surface area (Å²) < 4.78 is 11.4. The van der Waals surface area contributed by atoms with Crippen LogP contribution in [0.3, 0.4) is 0 Å². The lowest BCUT2D eigenvalue weighted by Gasteiger charge is -2.33. The second kappa shape index (κ2) is 10.1. The average molecular weight is 488 g/mol. The predicted molar refractivity (Wildman–Crippen MR) is 146 cm³/mol. The molecule has 4 aromatic carbocycles. The van der Waals surface area contributed by atoms with Crippen molar-refractivity contribution in [2.75, 3.05) is 27.2 Å². The van der Waals surface area contributed by atoms with E-state index >= 15 is 0 Å². The molecule has 0 saturated carbocycles. The van der Waals surface area contributed by atoms with Gasteiger partial charge < -0.3 is 14.4 Å². The van der Waals surface area contributed by atoms with Crippen molar-refractivity contribution in [1.29, 1.82) is 0 Å². The molecular weight excluding hydrogens is 450 g/mol. The van der Waals surface area contributed by atoms with Crippen molar-refractivity contribution < 1.29 is 19.1 Å². The van der Waals surface area contributed by atoms with Crippen molar-refractivity contribution in [3.05, 3.63) is 60.2 Å². The van der Waals surface area contributed by atoms with Crippen molar-refractivity contribution in [3.63, 3.8) is 0 Å². The molecule has 0 bridgehead atoms. The standard InChI is InChI=1S/C31H37NO4/c1-7-31(4,20-30(2,3)28(33)35-18-17-32(5)6)29(34)36-19-24-14-13-23-12-11-21-9-8-10-22-15-16-25(24)27(23)26(21)22/h8-16H,7,17-20H2,1-6H3. The number of carbonyl (C=O) groups excluding carboxylic acids is 2. The molecule has 5 heteroatoms. The van der Waals surface area contributed by atoms with Crippen LogP contribution in [0.2, 0.25) is 0 Å². The van der Waals surface area contributed by atoms with E-state index in [-0.39, 0.29) is 18.5 Å². The van der Waals surface area contributed by atoms with E-state index in [0.717, 1.165) is 10.9 Å². The number of hydrogen-bond acceptors (Lipinski definition) is 5. The number of ether oxygens (including phenoxy) is 2. The Balaban J connectivity index is 1.52. The van der Waals surface area contributed by atoms with Gasteiger partial charge in [0, 0.05) is 6.54 Å². The maximum Gasteiger partial charge on any atom is 0.312 e. The first kappa shape index (κ1) is 25.9. The predicted octanol–water partition coefficient (Wildman–Crippen LogP) is 6.56. The van der Waals surface area contributed by atoms with Gasteiger partial charge in [0.05, 0.1) is 10.8 Å². The summed E-state index contributed by atoms with van der Waals surface area (Å²) in [6.45, 7) is 8.71. The number of likely N-dealkylation sites (N-methyl/N-ethyl adjacent to an activating group) is 1. The average Bonchev–Trinajstić information content (AvgIpc) is 2.85. The van der Waals surface area contributed by atoms with Crippen LogP contribution in [-0.4, -0.2) is 44.1 Å². The van der Waals surface area contributed by atoms with Crippen LogP contribution >= 0.6 is 0 Å². The van der Waals surface area contributed by atoms with E-state index in [1.807, 2.05) is 52.8 Å². The van der Waals surface area contributed by atoms with Gasteiger partial charge in [0.1, 0.15) is 13.2 Å². The molecule has 1 atom stereocenters. The zero-order chi connectivity index (χ0) is 26.1. The summed E-state index contributed by atoms with van der Waals surface area (Å²) in [5.41, 5.74) is -0.619. The molecule has 0 N–H and O–H groups in total. The Labute approximate surface area is 213 Å². The third kappa shape index (κ3) is 5.03. The highest BCUT2D eigenvalue weighted by atomic mass is 16.5. The first-order valence-corrected chi connectivity index (χ1v) is 12.7. The van der Waals surface area contributed by atoms with Crippen molar-refractivity contribution in [2.24, 2.45) is 10.8 Å². The van der Waals surface area contributed by atoms with Gasteiger partial charge in [-0.1, -0.05) is 61.5 Å². The van der Waals surface area contributed by atoms with Gasteiger partial charge in [-0.2, -0.15) is 0 Å². The van der Waals surface area contributed by atoms with E-state index in [2.05, 4.69) is 48.5 Å². The molecule has 0 amide bonds. The fourth-order valence-electron chi connectivity index (χ4n) is 5.14. The van der Waals surface area contributed by atoms with E-state index in [0.29, 0.717) is 26.0 Å². The summed E-state index contributed by atoms with van der Waals surface area (Å²) in [5, 5.41) is 7.15. The van der Waals surface area contributed by atoms with E-state index in [4.69, 9.17) is 9.47 Å². The molecule has 0 fully saturated rings. The normalized spacial score (nSPS) is 14.0. The van der Waals surface area contributed by atoms with Crippen LogP contribution in [-0.2, 0) is 25.7 Å². The van der Waals surface area contributed by atoms with E-state index < -0.39 is 10.8 Å². The zero-order valence-electron chi connectivity index (χ0n) is 22.3. The first-order chi connectivity index (χ1) is 17.1. The minimum atomic E-state index is -0.802. The van der Waals surface area contributed by atoms with E-state index in [1.54, 1.807) is 0 Å². The summed E-state index contributed by atoms with van der Waals surface area (Å²) >= 11 is 0. The highest BCUT2D eigenvalue weighted by molar-refractivity contribution is 6.23. The van der Waals surface area contributed by atoms with Gasteiger partial charge in [0.2, 0.25) is 0 Å². The Bertz CT molecular complexity index is 1370. The molecule has 0 spiro atoms. The molecule has 4 rings (SSSR count). The fourth-order valence-corrected chi connectivity index (χ4v) is 5.14. The maximum atomic E-state index is 13.4. The summed E-state index contributed by atoms with van der Waals surface area (Å²) in [7, 11) is 3.87. The highest BCUT2D eigenvalue weighted by Crippen LogP contribution is 2.40. The van der Waals surface area contributed by atoms with Gasteiger partial charge in [0.25, 0.3) is 0 Å². The van der Waals surface area contributed by atoms with Crippen LogP contribution in [0.25, 0.3) is 32.3 Å². The molecular formula is C31H37NO4. The molecule has 0 saturated heterocycles. The summed E-state index contributed by atoms with van der Waals surface area (Å²) in [6.07, 6.45) is 0.924. The van der Waals surface area contributed by atoms with Crippen molar-refractivity contribution in [3.8, 4) is 0 Å². The molecule has 0 aliphatic carbocycles. The highest BCUT2D eigenvalue weighted by Gasteiger charge is 2.43. The molecule has 0 aromatic heterocycles. The molecule has 0 radical (unpaired) electrons. The van der Waals surface area contributed by atoms with Gasteiger partial charge in [-0.15, -0.1) is 0 Å². The first-order valence-electron chi connectivity index (χ1n) is 12.7. The Morgan fingerprint density at radius 3 is 2.06 bits per heavy atom. The minimum Gasteiger partial charge on any atom is -0.464 e. The molecule has 0 aliphatic rings. The van der Waals surface area contributed by atoms with E-state index in [9.17, 15) is 9.59 Å². The second-order valence-electron chi connectivity index (χ2n) is 11.1. The van der Waals surface area contributed by atoms with E-state index in [1.165, 1.54) is 26.9 Å². The lowest BCUT2D eigenvalue weighted by molar-refractivity contribution is -0.164. The van der Waals surface area contributed by atoms with Crippen molar-refractivity contribution in [2.45, 2.75) is 47.1 Å². The maximum absolute atomic E-state index is 13.4. The Morgan fingerprint density at radius 2 is 1.42 bits per heavy atom. The van der Waals surface area contributed by atoms with Crippen LogP contribution in [0.5, 0.6) is 0 Å². The minimum absolute atomic E-state index is 0.191. The third-order valence-electron chi connectivity index (χ3n) is 7.41. The molecule has 190 valence electrons. The number of benzene rings is 4. The van der Waals surface area contributed by atoms with Crippen LogP contribution in [0.1, 0.15) is 46.1 Å².